The van der Waals surface area contributed by atoms with Crippen molar-refractivity contribution in [3.8, 4) is 5.82 Å². The third-order valence-electron chi connectivity index (χ3n) is 6.22. The summed E-state index contributed by atoms with van der Waals surface area (Å²) < 4.78 is 8.04. The highest BCUT2D eigenvalue weighted by Crippen LogP contribution is 2.22. The Labute approximate surface area is 207 Å². The van der Waals surface area contributed by atoms with Gasteiger partial charge < -0.3 is 20.3 Å². The smallest absolute Gasteiger partial charge is 0.409 e. The van der Waals surface area contributed by atoms with Crippen LogP contribution in [0.4, 0.5) is 16.4 Å². The van der Waals surface area contributed by atoms with Gasteiger partial charge in [0.1, 0.15) is 5.39 Å². The van der Waals surface area contributed by atoms with Crippen molar-refractivity contribution in [2.45, 2.75) is 33.0 Å². The van der Waals surface area contributed by atoms with Gasteiger partial charge in [-0.3, -0.25) is 4.79 Å². The molecule has 186 valence electrons. The number of rotatable bonds is 6. The van der Waals surface area contributed by atoms with Crippen molar-refractivity contribution in [3.05, 3.63) is 69.8 Å². The van der Waals surface area contributed by atoms with E-state index in [1.165, 1.54) is 23.1 Å². The summed E-state index contributed by atoms with van der Waals surface area (Å²) in [4.78, 5) is 40.1. The topological polar surface area (TPSA) is 119 Å². The zero-order valence-corrected chi connectivity index (χ0v) is 20.5. The van der Waals surface area contributed by atoms with Crippen molar-refractivity contribution in [1.29, 1.82) is 0 Å². The number of ether oxygens (including phenoxy) is 1. The number of carbonyl (C=O) groups is 1. The van der Waals surface area contributed by atoms with Gasteiger partial charge in [0.05, 0.1) is 19.3 Å². The average Bonchev–Trinajstić information content (AvgIpc) is 3.18. The number of carbonyl (C=O) groups excluding carboxylic acids is 1. The second kappa shape index (κ2) is 9.78. The minimum absolute atomic E-state index is 0.196. The first kappa shape index (κ1) is 23.5. The maximum atomic E-state index is 13.1. The van der Waals surface area contributed by atoms with E-state index in [1.807, 2.05) is 25.1 Å². The predicted octanol–water partition coefficient (Wildman–Crippen LogP) is 2.58. The van der Waals surface area contributed by atoms with Crippen LogP contribution in [0.5, 0.6) is 0 Å². The average molecular weight is 489 g/mol. The number of fused-ring (bicyclic) bond motifs is 2. The molecule has 0 aliphatic carbocycles. The molecular weight excluding hydrogens is 460 g/mol. The molecule has 5 rings (SSSR count). The van der Waals surface area contributed by atoms with Crippen LogP contribution >= 0.6 is 0 Å². The number of hydrogen-bond acceptors (Lipinski definition) is 8. The Kier molecular flexibility index (Phi) is 6.38. The number of aromatic nitrogens is 5. The van der Waals surface area contributed by atoms with Crippen LogP contribution in [-0.2, 0) is 30.8 Å². The Balaban J connectivity index is 1.53. The van der Waals surface area contributed by atoms with Gasteiger partial charge in [0.2, 0.25) is 5.95 Å². The Bertz CT molecular complexity index is 1490. The van der Waals surface area contributed by atoms with Gasteiger partial charge >= 0.3 is 6.09 Å². The van der Waals surface area contributed by atoms with Gasteiger partial charge in [0.25, 0.3) is 5.56 Å². The van der Waals surface area contributed by atoms with Crippen LogP contribution in [0.3, 0.4) is 0 Å². The van der Waals surface area contributed by atoms with E-state index in [-0.39, 0.29) is 12.1 Å². The summed E-state index contributed by atoms with van der Waals surface area (Å²) in [6.45, 7) is 4.38. The molecule has 0 spiro atoms. The van der Waals surface area contributed by atoms with Crippen LogP contribution in [0.2, 0.25) is 0 Å². The molecule has 2 N–H and O–H groups in total. The molecular formula is C25H28N8O3. The van der Waals surface area contributed by atoms with Crippen molar-refractivity contribution >= 4 is 28.8 Å². The lowest BCUT2D eigenvalue weighted by atomic mass is 10.0. The molecule has 1 aromatic carbocycles. The fourth-order valence-corrected chi connectivity index (χ4v) is 4.43. The van der Waals surface area contributed by atoms with E-state index < -0.39 is 6.09 Å². The first-order valence-electron chi connectivity index (χ1n) is 11.8. The van der Waals surface area contributed by atoms with Gasteiger partial charge in [-0.1, -0.05) is 12.1 Å². The highest BCUT2D eigenvalue weighted by Gasteiger charge is 2.19. The molecule has 0 saturated heterocycles. The fourth-order valence-electron chi connectivity index (χ4n) is 4.43. The third-order valence-corrected chi connectivity index (χ3v) is 6.22. The molecule has 0 fully saturated rings. The summed E-state index contributed by atoms with van der Waals surface area (Å²) in [5.74, 6) is 0.902. The number of methoxy groups -OCH3 is 1. The van der Waals surface area contributed by atoms with Crippen LogP contribution in [-0.4, -0.2) is 56.0 Å². The number of anilines is 2. The van der Waals surface area contributed by atoms with Crippen LogP contribution in [0.1, 0.15) is 23.7 Å². The van der Waals surface area contributed by atoms with Crippen molar-refractivity contribution in [1.82, 2.24) is 34.5 Å². The SMILES string of the molecule is CCn1c(=O)c2cnc(Nc3ccc4c(c3)CNCC4)nc2n1-c1cccc(CN(C)C(=O)OC)n1. The summed E-state index contributed by atoms with van der Waals surface area (Å²) in [7, 11) is 2.97. The zero-order valence-electron chi connectivity index (χ0n) is 20.5. The number of nitrogens with zero attached hydrogens (tertiary/aromatic N) is 6. The summed E-state index contributed by atoms with van der Waals surface area (Å²) in [6, 6.07) is 11.7. The van der Waals surface area contributed by atoms with E-state index in [0.29, 0.717) is 35.0 Å². The minimum atomic E-state index is -0.458. The second-order valence-corrected chi connectivity index (χ2v) is 8.61. The molecule has 0 unspecified atom stereocenters. The second-order valence-electron chi connectivity index (χ2n) is 8.61. The summed E-state index contributed by atoms with van der Waals surface area (Å²) >= 11 is 0. The van der Waals surface area contributed by atoms with Crippen LogP contribution in [0.25, 0.3) is 16.9 Å². The lowest BCUT2D eigenvalue weighted by Gasteiger charge is -2.18. The zero-order chi connectivity index (χ0) is 25.2. The fraction of sp³-hybridized carbons (Fsp3) is 0.320. The molecule has 1 amide bonds. The number of pyridine rings is 1. The van der Waals surface area contributed by atoms with Crippen molar-refractivity contribution in [2.24, 2.45) is 0 Å². The molecule has 3 aromatic heterocycles. The Morgan fingerprint density at radius 1 is 1.22 bits per heavy atom. The molecule has 0 saturated carbocycles. The van der Waals surface area contributed by atoms with Gasteiger partial charge in [-0.15, -0.1) is 0 Å². The van der Waals surface area contributed by atoms with Crippen LogP contribution in [0.15, 0.2) is 47.4 Å². The van der Waals surface area contributed by atoms with E-state index in [9.17, 15) is 9.59 Å². The van der Waals surface area contributed by atoms with Crippen molar-refractivity contribution in [2.75, 3.05) is 26.0 Å². The first-order valence-corrected chi connectivity index (χ1v) is 11.8. The number of amides is 1. The van der Waals surface area contributed by atoms with Crippen LogP contribution < -0.4 is 16.2 Å². The molecule has 4 heterocycles. The number of hydrogen-bond donors (Lipinski definition) is 2. The predicted molar refractivity (Wildman–Crippen MR) is 136 cm³/mol. The van der Waals surface area contributed by atoms with Crippen LogP contribution in [0, 0.1) is 0 Å². The van der Waals surface area contributed by atoms with Gasteiger partial charge in [-0.25, -0.2) is 24.1 Å². The molecule has 1 aliphatic heterocycles. The summed E-state index contributed by atoms with van der Waals surface area (Å²) in [5, 5.41) is 7.06. The molecule has 0 bridgehead atoms. The molecule has 0 radical (unpaired) electrons. The third kappa shape index (κ3) is 4.40. The largest absolute Gasteiger partial charge is 0.453 e. The molecule has 11 heteroatoms. The van der Waals surface area contributed by atoms with E-state index in [4.69, 9.17) is 14.7 Å². The molecule has 0 atom stereocenters. The van der Waals surface area contributed by atoms with Gasteiger partial charge in [-0.05, 0) is 55.3 Å². The maximum absolute atomic E-state index is 13.1. The Hall–Kier alpha value is -4.25. The first-order chi connectivity index (χ1) is 17.5. The quantitative estimate of drug-likeness (QED) is 0.425. The van der Waals surface area contributed by atoms with E-state index in [2.05, 4.69) is 27.8 Å². The number of nitrogens with one attached hydrogen (secondary N) is 2. The molecule has 11 nitrogen and oxygen atoms in total. The summed E-state index contributed by atoms with van der Waals surface area (Å²) in [6.07, 6.45) is 2.10. The maximum Gasteiger partial charge on any atom is 0.409 e. The van der Waals surface area contributed by atoms with Crippen molar-refractivity contribution < 1.29 is 9.53 Å². The minimum Gasteiger partial charge on any atom is -0.453 e. The van der Waals surface area contributed by atoms with Gasteiger partial charge in [0.15, 0.2) is 11.5 Å². The lowest BCUT2D eigenvalue weighted by molar-refractivity contribution is 0.131. The van der Waals surface area contributed by atoms with Gasteiger partial charge in [0, 0.05) is 32.0 Å². The monoisotopic (exact) mass is 488 g/mol. The van der Waals surface area contributed by atoms with E-state index >= 15 is 0 Å². The van der Waals surface area contributed by atoms with E-state index in [1.54, 1.807) is 28.7 Å². The van der Waals surface area contributed by atoms with Crippen molar-refractivity contribution in [3.63, 3.8) is 0 Å². The van der Waals surface area contributed by atoms with E-state index in [0.717, 1.165) is 25.2 Å². The lowest BCUT2D eigenvalue weighted by Crippen LogP contribution is -2.26. The standard InChI is InChI=1S/C25H28N8O3/c1-4-32-23(34)20-14-27-24(29-18-9-8-16-10-11-26-13-17(16)12-18)30-22(20)33(32)21-7-5-6-19(28-21)15-31(2)25(35)36-3/h5-9,12,14,26H,4,10-11,13,15H2,1-3H3,(H,27,29,30). The molecule has 4 aromatic rings. The molecule has 36 heavy (non-hydrogen) atoms. The summed E-state index contributed by atoms with van der Waals surface area (Å²) in [5.41, 5.74) is 4.37. The highest BCUT2D eigenvalue weighted by atomic mass is 16.5. The Morgan fingerprint density at radius 2 is 2.08 bits per heavy atom. The number of benzene rings is 1. The molecule has 1 aliphatic rings. The Morgan fingerprint density at radius 3 is 2.89 bits per heavy atom. The normalized spacial score (nSPS) is 12.9. The van der Waals surface area contributed by atoms with Gasteiger partial charge in [-0.2, -0.15) is 4.98 Å². The highest BCUT2D eigenvalue weighted by molar-refractivity contribution is 5.77.